The van der Waals surface area contributed by atoms with E-state index in [1.807, 2.05) is 41.3 Å². The van der Waals surface area contributed by atoms with Gasteiger partial charge in [0.1, 0.15) is 6.61 Å². The Hall–Kier alpha value is -3.25. The van der Waals surface area contributed by atoms with Crippen molar-refractivity contribution < 1.29 is 22.7 Å². The normalized spacial score (nSPS) is 14.9. The van der Waals surface area contributed by atoms with Crippen molar-refractivity contribution in [3.05, 3.63) is 88.4 Å². The van der Waals surface area contributed by atoms with Crippen molar-refractivity contribution in [1.29, 1.82) is 0 Å². The van der Waals surface area contributed by atoms with E-state index in [0.717, 1.165) is 15.6 Å². The van der Waals surface area contributed by atoms with Gasteiger partial charge in [-0.3, -0.25) is 9.69 Å². The number of methoxy groups -OCH3 is 1. The second kappa shape index (κ2) is 13.0. The molecule has 1 fully saturated rings. The highest BCUT2D eigenvalue weighted by Crippen LogP contribution is 2.28. The summed E-state index contributed by atoms with van der Waals surface area (Å²) in [5.41, 5.74) is 4.32. The lowest BCUT2D eigenvalue weighted by Gasteiger charge is -2.33. The summed E-state index contributed by atoms with van der Waals surface area (Å²) in [5.74, 6) is 0.895. The van der Waals surface area contributed by atoms with Gasteiger partial charge in [-0.05, 0) is 53.6 Å². The Morgan fingerprint density at radius 2 is 1.71 bits per heavy atom. The van der Waals surface area contributed by atoms with Crippen molar-refractivity contribution in [2.24, 2.45) is 5.10 Å². The molecule has 38 heavy (non-hydrogen) atoms. The van der Waals surface area contributed by atoms with Crippen LogP contribution in [0.2, 0.25) is 0 Å². The van der Waals surface area contributed by atoms with Crippen LogP contribution in [0.15, 0.2) is 87.3 Å². The van der Waals surface area contributed by atoms with Gasteiger partial charge in [0, 0.05) is 30.7 Å². The molecule has 4 rings (SSSR count). The highest BCUT2D eigenvalue weighted by Gasteiger charge is 2.29. The fraction of sp³-hybridized carbons (Fsp3) is 0.259. The number of rotatable bonds is 10. The summed E-state index contributed by atoms with van der Waals surface area (Å²) in [7, 11) is -1.99. The molecular weight excluding hydrogens is 572 g/mol. The minimum atomic E-state index is -3.56. The number of nitrogens with zero attached hydrogens (tertiary/aromatic N) is 3. The summed E-state index contributed by atoms with van der Waals surface area (Å²) in [6.45, 7) is 2.08. The van der Waals surface area contributed by atoms with Crippen LogP contribution < -0.4 is 14.9 Å². The van der Waals surface area contributed by atoms with Crippen LogP contribution in [-0.2, 0) is 21.4 Å². The highest BCUT2D eigenvalue weighted by atomic mass is 79.9. The highest BCUT2D eigenvalue weighted by molar-refractivity contribution is 9.10. The molecule has 1 saturated heterocycles. The lowest BCUT2D eigenvalue weighted by Crippen LogP contribution is -2.50. The van der Waals surface area contributed by atoms with Gasteiger partial charge < -0.3 is 9.47 Å². The molecule has 1 aliphatic heterocycles. The first-order chi connectivity index (χ1) is 18.3. The number of benzene rings is 3. The Bertz CT molecular complexity index is 1360. The number of hydrogen-bond donors (Lipinski definition) is 1. The van der Waals surface area contributed by atoms with Crippen LogP contribution >= 0.6 is 15.9 Å². The number of sulfonamides is 1. The van der Waals surface area contributed by atoms with Crippen LogP contribution in [-0.4, -0.2) is 69.6 Å². The van der Waals surface area contributed by atoms with Gasteiger partial charge in [0.15, 0.2) is 11.5 Å². The molecule has 1 aliphatic rings. The monoisotopic (exact) mass is 600 g/mol. The number of carbonyl (C=O) groups excluding carboxylic acids is 1. The maximum Gasteiger partial charge on any atom is 0.254 e. The number of halogens is 1. The molecular formula is C27H29BrN4O5S. The molecule has 1 amide bonds. The minimum Gasteiger partial charge on any atom is -0.493 e. The zero-order valence-corrected chi connectivity index (χ0v) is 23.3. The van der Waals surface area contributed by atoms with Crippen molar-refractivity contribution >= 4 is 38.1 Å². The van der Waals surface area contributed by atoms with E-state index >= 15 is 0 Å². The number of hydrazone groups is 1. The van der Waals surface area contributed by atoms with Gasteiger partial charge in [-0.2, -0.15) is 9.41 Å². The first-order valence-corrected chi connectivity index (χ1v) is 14.2. The van der Waals surface area contributed by atoms with Gasteiger partial charge in [0.05, 0.1) is 24.8 Å². The topological polar surface area (TPSA) is 101 Å². The van der Waals surface area contributed by atoms with E-state index in [1.54, 1.807) is 43.5 Å². The number of piperazine rings is 1. The molecule has 9 nitrogen and oxygen atoms in total. The van der Waals surface area contributed by atoms with Crippen LogP contribution in [0.25, 0.3) is 0 Å². The van der Waals surface area contributed by atoms with Gasteiger partial charge in [-0.15, -0.1) is 0 Å². The summed E-state index contributed by atoms with van der Waals surface area (Å²) >= 11 is 3.32. The molecule has 0 aliphatic carbocycles. The molecule has 0 radical (unpaired) electrons. The zero-order chi connectivity index (χ0) is 27.0. The summed E-state index contributed by atoms with van der Waals surface area (Å²) < 4.78 is 39.3. The summed E-state index contributed by atoms with van der Waals surface area (Å²) in [4.78, 5) is 14.5. The lowest BCUT2D eigenvalue weighted by atomic mass is 10.2. The number of carbonyl (C=O) groups is 1. The molecule has 3 aromatic rings. The molecule has 11 heteroatoms. The zero-order valence-electron chi connectivity index (χ0n) is 20.9. The maximum atomic E-state index is 12.8. The first-order valence-electron chi connectivity index (χ1n) is 12.0. The Balaban J connectivity index is 1.24. The molecule has 0 atom stereocenters. The Morgan fingerprint density at radius 1 is 1.00 bits per heavy atom. The number of nitrogens with one attached hydrogen (secondary N) is 1. The first kappa shape index (κ1) is 27.8. The Labute approximate surface area is 231 Å². The average molecular weight is 602 g/mol. The van der Waals surface area contributed by atoms with E-state index in [-0.39, 0.29) is 17.3 Å². The fourth-order valence-electron chi connectivity index (χ4n) is 3.92. The van der Waals surface area contributed by atoms with E-state index in [0.29, 0.717) is 44.3 Å². The predicted molar refractivity (Wildman–Crippen MR) is 149 cm³/mol. The van der Waals surface area contributed by atoms with Gasteiger partial charge in [-0.1, -0.05) is 46.3 Å². The Kier molecular flexibility index (Phi) is 9.51. The van der Waals surface area contributed by atoms with Crippen molar-refractivity contribution in [3.63, 3.8) is 0 Å². The third-order valence-electron chi connectivity index (χ3n) is 5.98. The molecule has 3 aromatic carbocycles. The standard InChI is InChI=1S/C27H29BrN4O5S/c1-36-26-17-22(7-12-25(26)37-20-21-5-3-2-4-6-21)18-29-30-27(33)19-31-13-15-32(16-14-31)38(34,35)24-10-8-23(28)9-11-24/h2-12,17-18H,13-16,19-20H2,1H3,(H,30,33)/b29-18+. The van der Waals surface area contributed by atoms with Crippen LogP contribution in [0.5, 0.6) is 11.5 Å². The molecule has 1 heterocycles. The quantitative estimate of drug-likeness (QED) is 0.282. The van der Waals surface area contributed by atoms with Crippen molar-refractivity contribution in [2.45, 2.75) is 11.5 Å². The predicted octanol–water partition coefficient (Wildman–Crippen LogP) is 3.49. The van der Waals surface area contributed by atoms with Crippen molar-refractivity contribution in [1.82, 2.24) is 14.6 Å². The SMILES string of the molecule is COc1cc(/C=N/NC(=O)CN2CCN(S(=O)(=O)c3ccc(Br)cc3)CC2)ccc1OCc1ccccc1. The summed E-state index contributed by atoms with van der Waals surface area (Å²) in [6.07, 6.45) is 1.53. The van der Waals surface area contributed by atoms with Crippen molar-refractivity contribution in [2.75, 3.05) is 39.8 Å². The number of ether oxygens (including phenoxy) is 2. The average Bonchev–Trinajstić information content (AvgIpc) is 2.93. The fourth-order valence-corrected chi connectivity index (χ4v) is 5.61. The second-order valence-electron chi connectivity index (χ2n) is 8.61. The third-order valence-corrected chi connectivity index (χ3v) is 8.42. The molecule has 0 spiro atoms. The van der Waals surface area contributed by atoms with E-state index in [9.17, 15) is 13.2 Å². The van der Waals surface area contributed by atoms with Crippen LogP contribution in [0.1, 0.15) is 11.1 Å². The van der Waals surface area contributed by atoms with E-state index in [4.69, 9.17) is 9.47 Å². The number of hydrogen-bond acceptors (Lipinski definition) is 7. The molecule has 0 unspecified atom stereocenters. The molecule has 0 saturated carbocycles. The molecule has 200 valence electrons. The van der Waals surface area contributed by atoms with Crippen LogP contribution in [0, 0.1) is 0 Å². The molecule has 0 aromatic heterocycles. The summed E-state index contributed by atoms with van der Waals surface area (Å²) in [6, 6.07) is 21.8. The van der Waals surface area contributed by atoms with Crippen molar-refractivity contribution in [3.8, 4) is 11.5 Å². The van der Waals surface area contributed by atoms with E-state index < -0.39 is 10.0 Å². The van der Waals surface area contributed by atoms with Crippen LogP contribution in [0.4, 0.5) is 0 Å². The van der Waals surface area contributed by atoms with Gasteiger partial charge in [-0.25, -0.2) is 13.8 Å². The molecule has 1 N–H and O–H groups in total. The van der Waals surface area contributed by atoms with Gasteiger partial charge in [0.25, 0.3) is 5.91 Å². The number of amides is 1. The maximum absolute atomic E-state index is 12.8. The van der Waals surface area contributed by atoms with E-state index in [2.05, 4.69) is 26.5 Å². The van der Waals surface area contributed by atoms with Gasteiger partial charge in [0.2, 0.25) is 10.0 Å². The third kappa shape index (κ3) is 7.41. The minimum absolute atomic E-state index is 0.124. The largest absolute Gasteiger partial charge is 0.493 e. The summed E-state index contributed by atoms with van der Waals surface area (Å²) in [5, 5.41) is 4.05. The smallest absolute Gasteiger partial charge is 0.254 e. The second-order valence-corrected chi connectivity index (χ2v) is 11.5. The molecule has 0 bridgehead atoms. The Morgan fingerprint density at radius 3 is 2.39 bits per heavy atom. The van der Waals surface area contributed by atoms with E-state index in [1.165, 1.54) is 10.5 Å². The van der Waals surface area contributed by atoms with Gasteiger partial charge >= 0.3 is 0 Å². The lowest BCUT2D eigenvalue weighted by molar-refractivity contribution is -0.122. The van der Waals surface area contributed by atoms with Crippen LogP contribution in [0.3, 0.4) is 0 Å².